The standard InChI is InChI=1S/C15H26N4O2/c1-4-7-12-18-13(16-9-5-2)11-14(19-12)17-10-8-15(20)21-6-3/h11H,4-10H2,1-3H3,(H2,16,17,18,19). The van der Waals surface area contributed by atoms with Crippen molar-refractivity contribution in [1.29, 1.82) is 0 Å². The lowest BCUT2D eigenvalue weighted by Crippen LogP contribution is -2.13. The smallest absolute Gasteiger partial charge is 0.307 e. The van der Waals surface area contributed by atoms with E-state index in [1.165, 1.54) is 0 Å². The number of nitrogens with one attached hydrogen (secondary N) is 2. The minimum absolute atomic E-state index is 0.197. The van der Waals surface area contributed by atoms with Gasteiger partial charge in [0.25, 0.3) is 0 Å². The molecule has 6 heteroatoms. The van der Waals surface area contributed by atoms with Crippen LogP contribution in [0.25, 0.3) is 0 Å². The van der Waals surface area contributed by atoms with Crippen LogP contribution in [0.4, 0.5) is 11.6 Å². The molecule has 0 spiro atoms. The molecule has 1 heterocycles. The Morgan fingerprint density at radius 1 is 1.10 bits per heavy atom. The highest BCUT2D eigenvalue weighted by atomic mass is 16.5. The first kappa shape index (κ1) is 17.2. The quantitative estimate of drug-likeness (QED) is 0.646. The van der Waals surface area contributed by atoms with E-state index in [2.05, 4.69) is 34.4 Å². The van der Waals surface area contributed by atoms with Gasteiger partial charge in [0.05, 0.1) is 13.0 Å². The average molecular weight is 294 g/mol. The van der Waals surface area contributed by atoms with Crippen LogP contribution in [0, 0.1) is 0 Å². The number of ether oxygens (including phenoxy) is 1. The third-order valence-corrected chi connectivity index (χ3v) is 2.74. The molecule has 0 amide bonds. The number of aryl methyl sites for hydroxylation is 1. The Morgan fingerprint density at radius 3 is 2.33 bits per heavy atom. The van der Waals surface area contributed by atoms with Gasteiger partial charge in [-0.1, -0.05) is 13.8 Å². The number of rotatable bonds is 10. The van der Waals surface area contributed by atoms with Gasteiger partial charge in [0, 0.05) is 25.6 Å². The molecule has 0 aliphatic heterocycles. The summed E-state index contributed by atoms with van der Waals surface area (Å²) in [6.45, 7) is 7.82. The third-order valence-electron chi connectivity index (χ3n) is 2.74. The highest BCUT2D eigenvalue weighted by Gasteiger charge is 2.05. The summed E-state index contributed by atoms with van der Waals surface area (Å²) in [4.78, 5) is 20.2. The number of anilines is 2. The third kappa shape index (κ3) is 6.92. The predicted molar refractivity (Wildman–Crippen MR) is 84.5 cm³/mol. The number of carbonyl (C=O) groups excluding carboxylic acids is 1. The average Bonchev–Trinajstić information content (AvgIpc) is 2.45. The highest BCUT2D eigenvalue weighted by molar-refractivity contribution is 5.70. The molecule has 0 aliphatic rings. The van der Waals surface area contributed by atoms with Crippen LogP contribution in [0.3, 0.4) is 0 Å². The van der Waals surface area contributed by atoms with Crippen molar-refractivity contribution < 1.29 is 9.53 Å². The topological polar surface area (TPSA) is 76.1 Å². The van der Waals surface area contributed by atoms with Crippen molar-refractivity contribution in [2.45, 2.75) is 46.5 Å². The number of hydrogen-bond acceptors (Lipinski definition) is 6. The molecule has 1 aromatic rings. The summed E-state index contributed by atoms with van der Waals surface area (Å²) in [5.74, 6) is 2.19. The van der Waals surface area contributed by atoms with E-state index >= 15 is 0 Å². The van der Waals surface area contributed by atoms with E-state index in [1.807, 2.05) is 6.07 Å². The fourth-order valence-corrected chi connectivity index (χ4v) is 1.79. The summed E-state index contributed by atoms with van der Waals surface area (Å²) in [6, 6.07) is 1.87. The van der Waals surface area contributed by atoms with Crippen molar-refractivity contribution in [3.05, 3.63) is 11.9 Å². The van der Waals surface area contributed by atoms with Crippen molar-refractivity contribution in [1.82, 2.24) is 9.97 Å². The Bertz CT molecular complexity index is 438. The summed E-state index contributed by atoms with van der Waals surface area (Å²) in [5, 5.41) is 6.43. The molecular weight excluding hydrogens is 268 g/mol. The second-order valence-corrected chi connectivity index (χ2v) is 4.71. The van der Waals surface area contributed by atoms with Gasteiger partial charge in [-0.3, -0.25) is 4.79 Å². The molecule has 21 heavy (non-hydrogen) atoms. The fourth-order valence-electron chi connectivity index (χ4n) is 1.79. The van der Waals surface area contributed by atoms with Gasteiger partial charge in [-0.25, -0.2) is 9.97 Å². The maximum Gasteiger partial charge on any atom is 0.307 e. The maximum absolute atomic E-state index is 11.3. The van der Waals surface area contributed by atoms with E-state index in [9.17, 15) is 4.79 Å². The second kappa shape index (κ2) is 9.96. The van der Waals surface area contributed by atoms with E-state index in [1.54, 1.807) is 6.92 Å². The van der Waals surface area contributed by atoms with Gasteiger partial charge in [0.1, 0.15) is 17.5 Å². The molecule has 0 saturated carbocycles. The van der Waals surface area contributed by atoms with Gasteiger partial charge in [0.15, 0.2) is 0 Å². The van der Waals surface area contributed by atoms with Gasteiger partial charge in [-0.15, -0.1) is 0 Å². The molecule has 1 rings (SSSR count). The van der Waals surface area contributed by atoms with Crippen LogP contribution in [0.15, 0.2) is 6.07 Å². The van der Waals surface area contributed by atoms with Gasteiger partial charge < -0.3 is 15.4 Å². The Morgan fingerprint density at radius 2 is 1.76 bits per heavy atom. The van der Waals surface area contributed by atoms with E-state index in [0.717, 1.165) is 43.3 Å². The highest BCUT2D eigenvalue weighted by Crippen LogP contribution is 2.12. The minimum Gasteiger partial charge on any atom is -0.466 e. The molecule has 0 bridgehead atoms. The van der Waals surface area contributed by atoms with Crippen molar-refractivity contribution in [3.63, 3.8) is 0 Å². The van der Waals surface area contributed by atoms with E-state index < -0.39 is 0 Å². The van der Waals surface area contributed by atoms with Crippen LogP contribution in [-0.2, 0) is 16.0 Å². The second-order valence-electron chi connectivity index (χ2n) is 4.71. The number of hydrogen-bond donors (Lipinski definition) is 2. The number of nitrogens with zero attached hydrogens (tertiary/aromatic N) is 2. The number of carbonyl (C=O) groups is 1. The van der Waals surface area contributed by atoms with Crippen LogP contribution in [0.2, 0.25) is 0 Å². The van der Waals surface area contributed by atoms with E-state index in [-0.39, 0.29) is 5.97 Å². The molecule has 0 radical (unpaired) electrons. The molecule has 6 nitrogen and oxygen atoms in total. The van der Waals surface area contributed by atoms with Crippen molar-refractivity contribution >= 4 is 17.6 Å². The summed E-state index contributed by atoms with van der Waals surface area (Å²) in [7, 11) is 0. The first-order valence-corrected chi connectivity index (χ1v) is 7.70. The Labute approximate surface area is 126 Å². The Kier molecular flexibility index (Phi) is 8.16. The van der Waals surface area contributed by atoms with Crippen molar-refractivity contribution in [2.75, 3.05) is 30.3 Å². The molecule has 2 N–H and O–H groups in total. The van der Waals surface area contributed by atoms with Crippen LogP contribution >= 0.6 is 0 Å². The van der Waals surface area contributed by atoms with Crippen LogP contribution in [0.5, 0.6) is 0 Å². The number of esters is 1. The lowest BCUT2D eigenvalue weighted by atomic mass is 10.3. The van der Waals surface area contributed by atoms with Crippen LogP contribution < -0.4 is 10.6 Å². The minimum atomic E-state index is -0.197. The summed E-state index contributed by atoms with van der Waals surface area (Å²) < 4.78 is 4.89. The molecule has 0 aliphatic carbocycles. The Hall–Kier alpha value is -1.85. The van der Waals surface area contributed by atoms with Gasteiger partial charge in [-0.05, 0) is 19.8 Å². The van der Waals surface area contributed by atoms with Crippen molar-refractivity contribution in [3.8, 4) is 0 Å². The molecule has 0 atom stereocenters. The molecule has 0 saturated heterocycles. The Balaban J connectivity index is 2.61. The summed E-state index contributed by atoms with van der Waals surface area (Å²) in [5.41, 5.74) is 0. The first-order chi connectivity index (χ1) is 10.2. The normalized spacial score (nSPS) is 10.2. The number of aromatic nitrogens is 2. The molecule has 118 valence electrons. The van der Waals surface area contributed by atoms with Gasteiger partial charge in [-0.2, -0.15) is 0 Å². The van der Waals surface area contributed by atoms with Gasteiger partial charge >= 0.3 is 5.97 Å². The summed E-state index contributed by atoms with van der Waals surface area (Å²) in [6.07, 6.45) is 3.21. The maximum atomic E-state index is 11.3. The van der Waals surface area contributed by atoms with Gasteiger partial charge in [0.2, 0.25) is 0 Å². The lowest BCUT2D eigenvalue weighted by Gasteiger charge is -2.10. The van der Waals surface area contributed by atoms with Crippen molar-refractivity contribution in [2.24, 2.45) is 0 Å². The molecule has 0 fully saturated rings. The van der Waals surface area contributed by atoms with Crippen LogP contribution in [-0.4, -0.2) is 35.6 Å². The fraction of sp³-hybridized carbons (Fsp3) is 0.667. The molecular formula is C15H26N4O2. The zero-order valence-corrected chi connectivity index (χ0v) is 13.2. The van der Waals surface area contributed by atoms with E-state index in [4.69, 9.17) is 4.74 Å². The van der Waals surface area contributed by atoms with Crippen LogP contribution in [0.1, 0.15) is 45.9 Å². The summed E-state index contributed by atoms with van der Waals surface area (Å²) >= 11 is 0. The monoisotopic (exact) mass is 294 g/mol. The lowest BCUT2D eigenvalue weighted by molar-refractivity contribution is -0.142. The zero-order chi connectivity index (χ0) is 15.5. The molecule has 0 unspecified atom stereocenters. The predicted octanol–water partition coefficient (Wildman–Crippen LogP) is 2.62. The SMILES string of the molecule is CCCNc1cc(NCCC(=O)OCC)nc(CCC)n1. The first-order valence-electron chi connectivity index (χ1n) is 7.70. The zero-order valence-electron chi connectivity index (χ0n) is 13.2. The molecule has 0 aromatic carbocycles. The largest absolute Gasteiger partial charge is 0.466 e. The molecule has 1 aromatic heterocycles. The van der Waals surface area contributed by atoms with E-state index in [0.29, 0.717) is 19.6 Å².